The van der Waals surface area contributed by atoms with Gasteiger partial charge >= 0.3 is 0 Å². The molecular formula is C74H79BN4. The molecule has 14 rings (SSSR count). The largest absolute Gasteiger partial charge is 0.334 e. The number of hydrogen-bond acceptors (Lipinski definition) is 4. The minimum absolute atomic E-state index is 0.00833. The quantitative estimate of drug-likeness (QED) is 0.163. The van der Waals surface area contributed by atoms with Gasteiger partial charge in [-0.2, -0.15) is 0 Å². The van der Waals surface area contributed by atoms with E-state index in [0.29, 0.717) is 0 Å². The number of hydrogen-bond donors (Lipinski definition) is 0. The molecule has 0 N–H and O–H groups in total. The predicted molar refractivity (Wildman–Crippen MR) is 337 cm³/mol. The number of aryl methyl sites for hydroxylation is 1. The molecule has 4 unspecified atom stereocenters. The second-order valence-corrected chi connectivity index (χ2v) is 28.4. The van der Waals surface area contributed by atoms with E-state index in [9.17, 15) is 0 Å². The molecule has 6 aliphatic rings. The van der Waals surface area contributed by atoms with E-state index in [1.807, 2.05) is 0 Å². The van der Waals surface area contributed by atoms with E-state index in [0.717, 1.165) is 24.9 Å². The Hall–Kier alpha value is -6.98. The van der Waals surface area contributed by atoms with Gasteiger partial charge in [0.1, 0.15) is 0 Å². The zero-order valence-electron chi connectivity index (χ0n) is 49.3. The Morgan fingerprint density at radius 1 is 0.380 bits per heavy atom. The van der Waals surface area contributed by atoms with Crippen molar-refractivity contribution in [2.24, 2.45) is 0 Å². The lowest BCUT2D eigenvalue weighted by Crippen LogP contribution is -2.61. The second kappa shape index (κ2) is 16.8. The summed E-state index contributed by atoms with van der Waals surface area (Å²) in [6.07, 6.45) is 6.97. The molecule has 0 radical (unpaired) electrons. The Morgan fingerprint density at radius 3 is 1.56 bits per heavy atom. The molecule has 2 aliphatic carbocycles. The van der Waals surface area contributed by atoms with Gasteiger partial charge in [0.25, 0.3) is 6.71 Å². The molecular weight excluding hydrogens is 956 g/mol. The molecule has 0 aromatic heterocycles. The maximum absolute atomic E-state index is 2.80. The standard InChI is InChI=1S/C74H79BN4/c1-68(2,3)49-29-33-53(34-30-49)77-64-38-35-54(78-61-36-31-50(69(4,5)6)43-57(61)71(10)40-21-22-41-73(71,78)12)45-60(64)75-59-27-19-20-28-63(59)76(52-24-15-14-16-25-52)65-46-55(47-66(77)67(65)75)79-62-37-32-51(70(7,8)9)44-58(62)72(11)42-39-48-23-17-18-26-56(48)74(72,79)13/h14-20,23-38,43-47H,21-22,39-42H2,1-13H3. The van der Waals surface area contributed by atoms with E-state index in [-0.39, 0.29) is 39.3 Å². The van der Waals surface area contributed by atoms with E-state index < -0.39 is 5.54 Å². The maximum atomic E-state index is 2.80. The van der Waals surface area contributed by atoms with Crippen molar-refractivity contribution in [2.75, 3.05) is 19.6 Å². The van der Waals surface area contributed by atoms with E-state index in [1.165, 1.54) is 126 Å². The third-order valence-electron chi connectivity index (χ3n) is 21.1. The lowest BCUT2D eigenvalue weighted by atomic mass is 9.33. The number of rotatable bonds is 4. The summed E-state index contributed by atoms with van der Waals surface area (Å²) >= 11 is 0. The lowest BCUT2D eigenvalue weighted by molar-refractivity contribution is 0.195. The van der Waals surface area contributed by atoms with Crippen LogP contribution < -0.4 is 36.0 Å². The molecule has 1 fully saturated rings. The molecule has 0 amide bonds. The summed E-state index contributed by atoms with van der Waals surface area (Å²) in [6, 6.07) is 67.2. The molecule has 4 atom stereocenters. The smallest absolute Gasteiger partial charge is 0.252 e. The average Bonchev–Trinajstić information content (AvgIpc) is 2.48. The molecule has 1 saturated carbocycles. The Kier molecular flexibility index (Phi) is 10.7. The number of benzene rings is 8. The monoisotopic (exact) mass is 1030 g/mol. The first-order valence-corrected chi connectivity index (χ1v) is 29.7. The van der Waals surface area contributed by atoms with Crippen molar-refractivity contribution in [1.82, 2.24) is 0 Å². The Morgan fingerprint density at radius 2 is 0.899 bits per heavy atom. The van der Waals surface area contributed by atoms with Crippen LogP contribution in [0.1, 0.15) is 161 Å². The van der Waals surface area contributed by atoms with Crippen LogP contribution in [0.15, 0.2) is 170 Å². The van der Waals surface area contributed by atoms with Crippen molar-refractivity contribution in [1.29, 1.82) is 0 Å². The molecule has 0 spiro atoms. The van der Waals surface area contributed by atoms with E-state index >= 15 is 0 Å². The Balaban J connectivity index is 1.07. The molecule has 398 valence electrons. The predicted octanol–water partition coefficient (Wildman–Crippen LogP) is 17.7. The summed E-state index contributed by atoms with van der Waals surface area (Å²) in [5.74, 6) is 0. The fraction of sp³-hybridized carbons (Fsp3) is 0.351. The van der Waals surface area contributed by atoms with Gasteiger partial charge in [0.05, 0.1) is 11.1 Å². The van der Waals surface area contributed by atoms with Gasteiger partial charge in [-0.15, -0.1) is 0 Å². The summed E-state index contributed by atoms with van der Waals surface area (Å²) in [6.45, 7) is 31.5. The molecule has 0 bridgehead atoms. The van der Waals surface area contributed by atoms with Crippen molar-refractivity contribution in [3.05, 3.63) is 209 Å². The molecule has 79 heavy (non-hydrogen) atoms. The van der Waals surface area contributed by atoms with Gasteiger partial charge in [0.15, 0.2) is 0 Å². The van der Waals surface area contributed by atoms with Crippen molar-refractivity contribution >= 4 is 80.0 Å². The first-order valence-electron chi connectivity index (χ1n) is 29.7. The number of nitrogens with zero attached hydrogens (tertiary/aromatic N) is 4. The summed E-state index contributed by atoms with van der Waals surface area (Å²) < 4.78 is 0. The fourth-order valence-electron chi connectivity index (χ4n) is 16.2. The van der Waals surface area contributed by atoms with Crippen LogP contribution in [0.2, 0.25) is 0 Å². The summed E-state index contributed by atoms with van der Waals surface area (Å²) in [4.78, 5) is 10.8. The highest BCUT2D eigenvalue weighted by Gasteiger charge is 2.61. The van der Waals surface area contributed by atoms with Gasteiger partial charge in [-0.05, 0) is 184 Å². The van der Waals surface area contributed by atoms with Crippen LogP contribution in [0.3, 0.4) is 0 Å². The topological polar surface area (TPSA) is 13.0 Å². The van der Waals surface area contributed by atoms with Crippen molar-refractivity contribution in [3.8, 4) is 0 Å². The number of fused-ring (bicyclic) bond motifs is 12. The number of anilines is 10. The van der Waals surface area contributed by atoms with Crippen molar-refractivity contribution in [3.63, 3.8) is 0 Å². The molecule has 4 heterocycles. The van der Waals surface area contributed by atoms with Gasteiger partial charge in [-0.3, -0.25) is 0 Å². The van der Waals surface area contributed by atoms with Crippen LogP contribution >= 0.6 is 0 Å². The van der Waals surface area contributed by atoms with Gasteiger partial charge in [-0.25, -0.2) is 0 Å². The second-order valence-electron chi connectivity index (χ2n) is 28.4. The first kappa shape index (κ1) is 50.3. The average molecular weight is 1040 g/mol. The zero-order valence-corrected chi connectivity index (χ0v) is 49.3. The summed E-state index contributed by atoms with van der Waals surface area (Å²) in [5, 5.41) is 0. The molecule has 0 saturated heterocycles. The highest BCUT2D eigenvalue weighted by molar-refractivity contribution is 7.00. The van der Waals surface area contributed by atoms with Crippen molar-refractivity contribution in [2.45, 2.75) is 167 Å². The van der Waals surface area contributed by atoms with E-state index in [2.05, 4.69) is 279 Å². The highest BCUT2D eigenvalue weighted by atomic mass is 15.3. The fourth-order valence-corrected chi connectivity index (χ4v) is 16.2. The third kappa shape index (κ3) is 6.93. The SMILES string of the molecule is CC(C)(C)c1ccc(N2c3ccc(N4c5ccc(C(C)(C)C)cc5C5(C)CCCCC45C)cc3B3c4ccccc4N(c4ccccc4)c4cc(N5c6ccc(C(C)(C)C)cc6C6(C)CCc7ccccc7C56C)cc2c43)cc1. The van der Waals surface area contributed by atoms with E-state index in [1.54, 1.807) is 0 Å². The highest BCUT2D eigenvalue weighted by Crippen LogP contribution is 2.66. The van der Waals surface area contributed by atoms with Crippen LogP contribution in [0, 0.1) is 0 Å². The van der Waals surface area contributed by atoms with Crippen LogP contribution in [-0.4, -0.2) is 12.3 Å². The molecule has 8 aromatic carbocycles. The molecule has 4 nitrogen and oxygen atoms in total. The van der Waals surface area contributed by atoms with E-state index in [4.69, 9.17) is 0 Å². The van der Waals surface area contributed by atoms with Gasteiger partial charge in [0, 0.05) is 67.7 Å². The normalized spacial score (nSPS) is 23.5. The number of para-hydroxylation sites is 2. The van der Waals surface area contributed by atoms with Crippen LogP contribution in [0.25, 0.3) is 0 Å². The third-order valence-corrected chi connectivity index (χ3v) is 21.1. The molecule has 5 heteroatoms. The van der Waals surface area contributed by atoms with Gasteiger partial charge < -0.3 is 19.6 Å². The maximum Gasteiger partial charge on any atom is 0.252 e. The Bertz CT molecular complexity index is 3800. The van der Waals surface area contributed by atoms with Gasteiger partial charge in [0.2, 0.25) is 0 Å². The van der Waals surface area contributed by atoms with Crippen molar-refractivity contribution < 1.29 is 0 Å². The summed E-state index contributed by atoms with van der Waals surface area (Å²) in [5.41, 5.74) is 25.9. The van der Waals surface area contributed by atoms with Gasteiger partial charge in [-0.1, -0.05) is 186 Å². The molecule has 8 aromatic rings. The minimum Gasteiger partial charge on any atom is -0.334 e. The van der Waals surface area contributed by atoms with Crippen LogP contribution in [-0.2, 0) is 39.0 Å². The van der Waals surface area contributed by atoms with Crippen LogP contribution in [0.4, 0.5) is 56.9 Å². The zero-order chi connectivity index (χ0) is 55.0. The Labute approximate surface area is 472 Å². The molecule has 4 aliphatic heterocycles. The first-order chi connectivity index (χ1) is 37.6. The summed E-state index contributed by atoms with van der Waals surface area (Å²) in [7, 11) is 0. The lowest BCUT2D eigenvalue weighted by Gasteiger charge is -2.52. The minimum atomic E-state index is -0.394. The van der Waals surface area contributed by atoms with Crippen LogP contribution in [0.5, 0.6) is 0 Å².